The molecule has 0 bridgehead atoms. The van der Waals surface area contributed by atoms with Crippen molar-refractivity contribution in [2.45, 2.75) is 6.10 Å². The first-order valence-electron chi connectivity index (χ1n) is 9.71. The van der Waals surface area contributed by atoms with E-state index in [-0.39, 0.29) is 0 Å². The predicted molar refractivity (Wildman–Crippen MR) is 118 cm³/mol. The molecule has 1 atom stereocenters. The number of fused-ring (bicyclic) bond motifs is 3. The van der Waals surface area contributed by atoms with Crippen LogP contribution in [0.5, 0.6) is 11.5 Å². The summed E-state index contributed by atoms with van der Waals surface area (Å²) < 4.78 is 6.09. The van der Waals surface area contributed by atoms with Gasteiger partial charge in [-0.1, -0.05) is 84.9 Å². The van der Waals surface area contributed by atoms with Crippen molar-refractivity contribution < 1.29 is 9.84 Å². The second-order valence-electron chi connectivity index (χ2n) is 7.09. The molecule has 2 heteroatoms. The lowest BCUT2D eigenvalue weighted by Crippen LogP contribution is -2.03. The molecule has 0 aliphatic heterocycles. The van der Waals surface area contributed by atoms with Gasteiger partial charge in [-0.3, -0.25) is 0 Å². The molecule has 0 radical (unpaired) electrons. The highest BCUT2D eigenvalue weighted by molar-refractivity contribution is 6.09. The minimum absolute atomic E-state index is 0.656. The topological polar surface area (TPSA) is 29.5 Å². The molecular formula is C27H20O2. The van der Waals surface area contributed by atoms with Crippen LogP contribution in [0.25, 0.3) is 21.5 Å². The van der Waals surface area contributed by atoms with Crippen LogP contribution in [0.4, 0.5) is 0 Å². The average molecular weight is 376 g/mol. The number of hydrogen-bond donors (Lipinski definition) is 1. The second-order valence-corrected chi connectivity index (χ2v) is 7.09. The molecule has 5 aromatic carbocycles. The maximum Gasteiger partial charge on any atom is 0.133 e. The molecule has 0 spiro atoms. The summed E-state index contributed by atoms with van der Waals surface area (Å²) in [6.45, 7) is 0. The van der Waals surface area contributed by atoms with Crippen molar-refractivity contribution in [1.29, 1.82) is 0 Å². The third-order valence-corrected chi connectivity index (χ3v) is 5.28. The van der Waals surface area contributed by atoms with Crippen LogP contribution in [0, 0.1) is 0 Å². The summed E-state index contributed by atoms with van der Waals surface area (Å²) in [6, 6.07) is 35.9. The maximum absolute atomic E-state index is 11.4. The van der Waals surface area contributed by atoms with E-state index in [1.54, 1.807) is 0 Å². The third kappa shape index (κ3) is 3.24. The summed E-state index contributed by atoms with van der Waals surface area (Å²) in [5.41, 5.74) is 1.63. The number of benzene rings is 5. The quantitative estimate of drug-likeness (QED) is 0.347. The Labute approximate surface area is 169 Å². The zero-order chi connectivity index (χ0) is 19.6. The van der Waals surface area contributed by atoms with E-state index in [0.717, 1.165) is 33.0 Å². The third-order valence-electron chi connectivity index (χ3n) is 5.28. The van der Waals surface area contributed by atoms with Crippen LogP contribution in [0.3, 0.4) is 0 Å². The van der Waals surface area contributed by atoms with Gasteiger partial charge >= 0.3 is 0 Å². The van der Waals surface area contributed by atoms with Gasteiger partial charge < -0.3 is 9.84 Å². The Kier molecular flexibility index (Phi) is 4.47. The van der Waals surface area contributed by atoms with Gasteiger partial charge in [0.1, 0.15) is 17.6 Å². The second kappa shape index (κ2) is 7.42. The summed E-state index contributed by atoms with van der Waals surface area (Å²) in [5.74, 6) is 1.40. The van der Waals surface area contributed by atoms with E-state index in [1.807, 2.05) is 78.9 Å². The lowest BCUT2D eigenvalue weighted by Gasteiger charge is -2.19. The Morgan fingerprint density at radius 2 is 1.17 bits per heavy atom. The highest BCUT2D eigenvalue weighted by Gasteiger charge is 2.19. The number of aliphatic hydroxyl groups is 1. The first kappa shape index (κ1) is 17.5. The lowest BCUT2D eigenvalue weighted by molar-refractivity contribution is 0.218. The van der Waals surface area contributed by atoms with Crippen molar-refractivity contribution in [3.8, 4) is 11.5 Å². The number of para-hydroxylation sites is 2. The predicted octanol–water partition coefficient (Wildman–Crippen LogP) is 6.87. The zero-order valence-electron chi connectivity index (χ0n) is 15.8. The number of rotatable bonds is 4. The van der Waals surface area contributed by atoms with Crippen molar-refractivity contribution >= 4 is 21.5 Å². The van der Waals surface area contributed by atoms with Crippen LogP contribution >= 0.6 is 0 Å². The Hall–Kier alpha value is -3.62. The van der Waals surface area contributed by atoms with Crippen molar-refractivity contribution in [2.75, 3.05) is 0 Å². The minimum Gasteiger partial charge on any atom is -0.457 e. The standard InChI is InChI=1S/C27H20O2/c28-27(24-16-8-9-17-26(24)29-20-11-2-1-3-12-20)25-18-19-10-4-5-13-21(19)22-14-6-7-15-23(22)25/h1-18,27-28H. The molecule has 0 aliphatic rings. The van der Waals surface area contributed by atoms with Crippen molar-refractivity contribution in [2.24, 2.45) is 0 Å². The number of aliphatic hydroxyl groups excluding tert-OH is 1. The van der Waals surface area contributed by atoms with Gasteiger partial charge in [-0.2, -0.15) is 0 Å². The van der Waals surface area contributed by atoms with E-state index in [1.165, 1.54) is 5.39 Å². The van der Waals surface area contributed by atoms with Gasteiger partial charge in [0.05, 0.1) is 0 Å². The molecule has 0 saturated carbocycles. The summed E-state index contributed by atoms with van der Waals surface area (Å²) in [7, 11) is 0. The largest absolute Gasteiger partial charge is 0.457 e. The molecule has 2 nitrogen and oxygen atoms in total. The first-order chi connectivity index (χ1) is 14.3. The van der Waals surface area contributed by atoms with E-state index >= 15 is 0 Å². The smallest absolute Gasteiger partial charge is 0.133 e. The van der Waals surface area contributed by atoms with Gasteiger partial charge in [-0.15, -0.1) is 0 Å². The van der Waals surface area contributed by atoms with Crippen LogP contribution in [0.2, 0.25) is 0 Å². The maximum atomic E-state index is 11.4. The molecule has 0 saturated heterocycles. The monoisotopic (exact) mass is 376 g/mol. The van der Waals surface area contributed by atoms with Crippen molar-refractivity contribution in [3.63, 3.8) is 0 Å². The van der Waals surface area contributed by atoms with Gasteiger partial charge in [0.15, 0.2) is 0 Å². The van der Waals surface area contributed by atoms with E-state index in [4.69, 9.17) is 4.74 Å². The van der Waals surface area contributed by atoms with E-state index in [2.05, 4.69) is 30.3 Å². The van der Waals surface area contributed by atoms with Crippen LogP contribution in [0.1, 0.15) is 17.2 Å². The molecule has 5 rings (SSSR count). The fraction of sp³-hybridized carbons (Fsp3) is 0.0370. The number of ether oxygens (including phenoxy) is 1. The Bertz CT molecular complexity index is 1290. The van der Waals surface area contributed by atoms with Gasteiger partial charge in [0, 0.05) is 5.56 Å². The summed E-state index contributed by atoms with van der Waals surface area (Å²) in [6.07, 6.45) is -0.801. The normalized spacial score (nSPS) is 12.2. The molecule has 0 heterocycles. The molecule has 1 unspecified atom stereocenters. The van der Waals surface area contributed by atoms with E-state index < -0.39 is 6.10 Å². The first-order valence-corrected chi connectivity index (χ1v) is 9.71. The van der Waals surface area contributed by atoms with Gasteiger partial charge in [-0.25, -0.2) is 0 Å². The summed E-state index contributed by atoms with van der Waals surface area (Å²) in [5, 5.41) is 15.9. The van der Waals surface area contributed by atoms with Crippen LogP contribution in [-0.4, -0.2) is 5.11 Å². The SMILES string of the molecule is OC(c1ccccc1Oc1ccccc1)c1cc2ccccc2c2ccccc12. The summed E-state index contributed by atoms with van der Waals surface area (Å²) in [4.78, 5) is 0. The molecule has 1 N–H and O–H groups in total. The molecule has 5 aromatic rings. The fourth-order valence-electron chi connectivity index (χ4n) is 3.89. The lowest BCUT2D eigenvalue weighted by atomic mass is 9.91. The molecule has 0 amide bonds. The molecule has 140 valence electrons. The van der Waals surface area contributed by atoms with Gasteiger partial charge in [-0.05, 0) is 51.4 Å². The fourth-order valence-corrected chi connectivity index (χ4v) is 3.89. The molecule has 0 fully saturated rings. The Morgan fingerprint density at radius 3 is 2.00 bits per heavy atom. The van der Waals surface area contributed by atoms with Crippen LogP contribution in [0.15, 0.2) is 109 Å². The highest BCUT2D eigenvalue weighted by atomic mass is 16.5. The van der Waals surface area contributed by atoms with Gasteiger partial charge in [0.25, 0.3) is 0 Å². The van der Waals surface area contributed by atoms with Crippen molar-refractivity contribution in [3.05, 3.63) is 120 Å². The molecule has 0 aromatic heterocycles. The zero-order valence-corrected chi connectivity index (χ0v) is 15.8. The molecular weight excluding hydrogens is 356 g/mol. The van der Waals surface area contributed by atoms with Crippen molar-refractivity contribution in [1.82, 2.24) is 0 Å². The molecule has 0 aliphatic carbocycles. The minimum atomic E-state index is -0.801. The number of hydrogen-bond acceptors (Lipinski definition) is 2. The van der Waals surface area contributed by atoms with E-state index in [9.17, 15) is 5.11 Å². The van der Waals surface area contributed by atoms with Crippen LogP contribution < -0.4 is 4.74 Å². The van der Waals surface area contributed by atoms with Gasteiger partial charge in [0.2, 0.25) is 0 Å². The van der Waals surface area contributed by atoms with E-state index in [0.29, 0.717) is 5.75 Å². The summed E-state index contributed by atoms with van der Waals surface area (Å²) >= 11 is 0. The Balaban J connectivity index is 1.66. The highest BCUT2D eigenvalue weighted by Crippen LogP contribution is 2.38. The Morgan fingerprint density at radius 1 is 0.552 bits per heavy atom. The average Bonchev–Trinajstić information content (AvgIpc) is 2.79. The molecule has 29 heavy (non-hydrogen) atoms. The van der Waals surface area contributed by atoms with Crippen LogP contribution in [-0.2, 0) is 0 Å².